The van der Waals surface area contributed by atoms with E-state index in [2.05, 4.69) is 5.32 Å². The smallest absolute Gasteiger partial charge is 0.235 e. The lowest BCUT2D eigenvalue weighted by molar-refractivity contribution is -0.119. The summed E-state index contributed by atoms with van der Waals surface area (Å²) in [6.07, 6.45) is 1.34. The van der Waals surface area contributed by atoms with Gasteiger partial charge in [-0.05, 0) is 26.3 Å². The van der Waals surface area contributed by atoms with Gasteiger partial charge >= 0.3 is 0 Å². The zero-order valence-electron chi connectivity index (χ0n) is 7.99. The third-order valence-corrected chi connectivity index (χ3v) is 1.71. The highest BCUT2D eigenvalue weighted by atomic mass is 16.3. The summed E-state index contributed by atoms with van der Waals surface area (Å²) in [6, 6.07) is -0.619. The van der Waals surface area contributed by atoms with Crippen LogP contribution in [0.15, 0.2) is 0 Å². The first-order chi connectivity index (χ1) is 6.04. The van der Waals surface area contributed by atoms with Crippen LogP contribution in [0.4, 0.5) is 0 Å². The first kappa shape index (κ1) is 12.3. The van der Waals surface area contributed by atoms with E-state index in [0.29, 0.717) is 6.54 Å². The van der Waals surface area contributed by atoms with Gasteiger partial charge < -0.3 is 21.9 Å². The molecule has 0 saturated heterocycles. The topological polar surface area (TPSA) is 101 Å². The number of carbonyl (C=O) groups excluding carboxylic acids is 1. The van der Waals surface area contributed by atoms with Gasteiger partial charge in [-0.3, -0.25) is 4.79 Å². The Balaban J connectivity index is 3.21. The molecule has 2 atom stereocenters. The van der Waals surface area contributed by atoms with Crippen LogP contribution in [0.1, 0.15) is 19.8 Å². The van der Waals surface area contributed by atoms with Gasteiger partial charge in [-0.25, -0.2) is 0 Å². The minimum absolute atomic E-state index is 0.272. The van der Waals surface area contributed by atoms with Gasteiger partial charge in [-0.1, -0.05) is 0 Å². The summed E-state index contributed by atoms with van der Waals surface area (Å²) >= 11 is 0. The molecule has 0 bridgehead atoms. The van der Waals surface area contributed by atoms with Gasteiger partial charge in [0.25, 0.3) is 0 Å². The summed E-state index contributed by atoms with van der Waals surface area (Å²) in [6.45, 7) is 2.89. The Labute approximate surface area is 78.5 Å². The molecule has 0 heterocycles. The fourth-order valence-electron chi connectivity index (χ4n) is 0.881. The van der Waals surface area contributed by atoms with Crippen molar-refractivity contribution in [3.05, 3.63) is 0 Å². The maximum Gasteiger partial charge on any atom is 0.235 e. The van der Waals surface area contributed by atoms with Crippen LogP contribution in [0.5, 0.6) is 0 Å². The minimum Gasteiger partial charge on any atom is -0.393 e. The van der Waals surface area contributed by atoms with Crippen LogP contribution in [0, 0.1) is 0 Å². The fourth-order valence-corrected chi connectivity index (χ4v) is 0.881. The van der Waals surface area contributed by atoms with Crippen molar-refractivity contribution >= 4 is 5.91 Å². The van der Waals surface area contributed by atoms with Crippen LogP contribution < -0.4 is 16.8 Å². The first-order valence-corrected chi connectivity index (χ1v) is 4.47. The zero-order valence-corrected chi connectivity index (χ0v) is 7.99. The van der Waals surface area contributed by atoms with Crippen molar-refractivity contribution in [1.82, 2.24) is 5.32 Å². The molecule has 0 rings (SSSR count). The molecule has 13 heavy (non-hydrogen) atoms. The van der Waals surface area contributed by atoms with Crippen LogP contribution in [-0.2, 0) is 4.79 Å². The summed E-state index contributed by atoms with van der Waals surface area (Å²) in [5.41, 5.74) is 10.3. The quantitative estimate of drug-likeness (QED) is 0.368. The van der Waals surface area contributed by atoms with Gasteiger partial charge in [0.2, 0.25) is 5.91 Å². The summed E-state index contributed by atoms with van der Waals surface area (Å²) < 4.78 is 0. The van der Waals surface area contributed by atoms with E-state index in [9.17, 15) is 4.79 Å². The molecule has 2 unspecified atom stereocenters. The molecule has 5 nitrogen and oxygen atoms in total. The number of aliphatic hydroxyl groups excluding tert-OH is 1. The Morgan fingerprint density at radius 1 is 1.62 bits per heavy atom. The Morgan fingerprint density at radius 3 is 2.69 bits per heavy atom. The molecule has 0 radical (unpaired) electrons. The normalized spacial score (nSPS) is 15.3. The highest BCUT2D eigenvalue weighted by Crippen LogP contribution is 1.93. The number of aliphatic hydroxyl groups is 1. The van der Waals surface area contributed by atoms with E-state index in [4.69, 9.17) is 16.6 Å². The number of amides is 1. The maximum absolute atomic E-state index is 10.5. The number of nitrogens with one attached hydrogen (secondary N) is 1. The van der Waals surface area contributed by atoms with Crippen molar-refractivity contribution in [2.45, 2.75) is 31.9 Å². The summed E-state index contributed by atoms with van der Waals surface area (Å²) in [4.78, 5) is 10.5. The van der Waals surface area contributed by atoms with Crippen LogP contribution in [0.2, 0.25) is 0 Å². The first-order valence-electron chi connectivity index (χ1n) is 4.47. The third kappa shape index (κ3) is 7.70. The molecule has 5 heteroatoms. The van der Waals surface area contributed by atoms with Crippen LogP contribution in [0.3, 0.4) is 0 Å². The number of nitrogens with two attached hydrogens (primary N) is 2. The monoisotopic (exact) mass is 189 g/mol. The molecular weight excluding hydrogens is 170 g/mol. The SMILES string of the molecule is CC(O)CCCNCC(N)C(N)=O. The second kappa shape index (κ2) is 6.82. The van der Waals surface area contributed by atoms with Crippen molar-refractivity contribution in [3.63, 3.8) is 0 Å². The van der Waals surface area contributed by atoms with E-state index in [0.717, 1.165) is 19.4 Å². The van der Waals surface area contributed by atoms with Gasteiger partial charge in [0.15, 0.2) is 0 Å². The predicted octanol–water partition coefficient (Wildman–Crippen LogP) is -1.45. The van der Waals surface area contributed by atoms with Crippen molar-refractivity contribution in [3.8, 4) is 0 Å². The molecule has 0 aromatic heterocycles. The molecule has 0 fully saturated rings. The predicted molar refractivity (Wildman–Crippen MR) is 51.0 cm³/mol. The van der Waals surface area contributed by atoms with E-state index in [1.54, 1.807) is 6.92 Å². The molecule has 0 saturated carbocycles. The number of primary amides is 1. The summed E-state index contributed by atoms with van der Waals surface area (Å²) in [7, 11) is 0. The molecule has 0 aliphatic heterocycles. The van der Waals surface area contributed by atoms with Gasteiger partial charge in [0.1, 0.15) is 0 Å². The second-order valence-electron chi connectivity index (χ2n) is 3.20. The molecule has 0 aromatic carbocycles. The Bertz CT molecular complexity index is 150. The number of carbonyl (C=O) groups is 1. The van der Waals surface area contributed by atoms with E-state index in [1.807, 2.05) is 0 Å². The summed E-state index contributed by atoms with van der Waals surface area (Å²) in [5.74, 6) is -0.497. The van der Waals surface area contributed by atoms with E-state index >= 15 is 0 Å². The molecule has 0 aromatic rings. The van der Waals surface area contributed by atoms with E-state index in [-0.39, 0.29) is 6.10 Å². The molecule has 78 valence electrons. The molecular formula is C8H19N3O2. The molecule has 0 aliphatic rings. The third-order valence-electron chi connectivity index (χ3n) is 1.71. The van der Waals surface area contributed by atoms with E-state index in [1.165, 1.54) is 0 Å². The zero-order chi connectivity index (χ0) is 10.3. The molecule has 0 aliphatic carbocycles. The largest absolute Gasteiger partial charge is 0.393 e. The molecule has 0 spiro atoms. The Kier molecular flexibility index (Phi) is 6.48. The fraction of sp³-hybridized carbons (Fsp3) is 0.875. The standard InChI is InChI=1S/C8H19N3O2/c1-6(12)3-2-4-11-5-7(9)8(10)13/h6-7,11-12H,2-5,9H2,1H3,(H2,10,13). The number of rotatable bonds is 7. The highest BCUT2D eigenvalue weighted by Gasteiger charge is 2.07. The van der Waals surface area contributed by atoms with Gasteiger partial charge in [-0.2, -0.15) is 0 Å². The lowest BCUT2D eigenvalue weighted by atomic mass is 10.2. The Hall–Kier alpha value is -0.650. The second-order valence-corrected chi connectivity index (χ2v) is 3.20. The molecule has 6 N–H and O–H groups in total. The average Bonchev–Trinajstić information content (AvgIpc) is 2.02. The van der Waals surface area contributed by atoms with E-state index < -0.39 is 11.9 Å². The van der Waals surface area contributed by atoms with Crippen LogP contribution >= 0.6 is 0 Å². The minimum atomic E-state index is -0.619. The maximum atomic E-state index is 10.5. The Morgan fingerprint density at radius 2 is 2.23 bits per heavy atom. The van der Waals surface area contributed by atoms with Crippen molar-refractivity contribution in [1.29, 1.82) is 0 Å². The van der Waals surface area contributed by atoms with Crippen LogP contribution in [-0.4, -0.2) is 36.2 Å². The van der Waals surface area contributed by atoms with Crippen molar-refractivity contribution in [2.75, 3.05) is 13.1 Å². The lowest BCUT2D eigenvalue weighted by Gasteiger charge is -2.09. The van der Waals surface area contributed by atoms with Gasteiger partial charge in [-0.15, -0.1) is 0 Å². The van der Waals surface area contributed by atoms with Crippen LogP contribution in [0.25, 0.3) is 0 Å². The van der Waals surface area contributed by atoms with Gasteiger partial charge in [0, 0.05) is 6.54 Å². The van der Waals surface area contributed by atoms with Crippen molar-refractivity contribution < 1.29 is 9.90 Å². The lowest BCUT2D eigenvalue weighted by Crippen LogP contribution is -2.44. The van der Waals surface area contributed by atoms with Gasteiger partial charge in [0.05, 0.1) is 12.1 Å². The number of hydrogen-bond acceptors (Lipinski definition) is 4. The van der Waals surface area contributed by atoms with Crippen molar-refractivity contribution in [2.24, 2.45) is 11.5 Å². The average molecular weight is 189 g/mol. The molecule has 1 amide bonds. The highest BCUT2D eigenvalue weighted by molar-refractivity contribution is 5.79. The summed E-state index contributed by atoms with van der Waals surface area (Å²) in [5, 5.41) is 11.9. The number of hydrogen-bond donors (Lipinski definition) is 4.